The zero-order valence-corrected chi connectivity index (χ0v) is 6.70. The van der Waals surface area contributed by atoms with Crippen molar-refractivity contribution in [2.24, 2.45) is 11.8 Å². The Kier molecular flexibility index (Phi) is 2.56. The summed E-state index contributed by atoms with van der Waals surface area (Å²) >= 11 is 0. The average molecular weight is 155 g/mol. The van der Waals surface area contributed by atoms with Gasteiger partial charge in [-0.3, -0.25) is 11.3 Å². The maximum Gasteiger partial charge on any atom is 0.101 e. The lowest BCUT2D eigenvalue weighted by Gasteiger charge is -2.16. The molecule has 0 bridgehead atoms. The van der Waals surface area contributed by atoms with Gasteiger partial charge in [0.1, 0.15) is 5.69 Å². The number of hydrogen-bond acceptors (Lipinski definition) is 4. The number of hydrazine groups is 1. The molecule has 5 nitrogen and oxygen atoms in total. The van der Waals surface area contributed by atoms with Gasteiger partial charge in [-0.1, -0.05) is 13.8 Å². The van der Waals surface area contributed by atoms with Gasteiger partial charge in [0.15, 0.2) is 0 Å². The zero-order valence-electron chi connectivity index (χ0n) is 6.70. The Morgan fingerprint density at radius 3 is 2.73 bits per heavy atom. The Balaban J connectivity index is 2.71. The summed E-state index contributed by atoms with van der Waals surface area (Å²) in [5.41, 5.74) is 3.53. The van der Waals surface area contributed by atoms with Gasteiger partial charge in [0.05, 0.1) is 12.2 Å². The molecule has 4 N–H and O–H groups in total. The number of H-pyrrole nitrogens is 1. The third-order valence-electron chi connectivity index (χ3n) is 1.60. The number of nitrogens with two attached hydrogens (primary N) is 1. The molecule has 62 valence electrons. The molecule has 0 saturated carbocycles. The average Bonchev–Trinajstić information content (AvgIpc) is 2.40. The van der Waals surface area contributed by atoms with Crippen molar-refractivity contribution >= 4 is 0 Å². The molecule has 1 unspecified atom stereocenters. The Hall–Kier alpha value is -0.940. The van der Waals surface area contributed by atoms with Gasteiger partial charge >= 0.3 is 0 Å². The fraction of sp³-hybridized carbons (Fsp3) is 0.667. The molecule has 0 aliphatic heterocycles. The van der Waals surface area contributed by atoms with Crippen LogP contribution in [0.15, 0.2) is 6.20 Å². The van der Waals surface area contributed by atoms with Gasteiger partial charge in [-0.15, -0.1) is 0 Å². The first kappa shape index (κ1) is 8.16. The van der Waals surface area contributed by atoms with Crippen molar-refractivity contribution in [3.8, 4) is 0 Å². The van der Waals surface area contributed by atoms with E-state index < -0.39 is 0 Å². The number of rotatable bonds is 3. The molecular formula is C6H13N5. The van der Waals surface area contributed by atoms with Gasteiger partial charge in [-0.2, -0.15) is 15.4 Å². The summed E-state index contributed by atoms with van der Waals surface area (Å²) in [5.74, 6) is 5.74. The standard InChI is InChI=1S/C6H13N5/c1-4(2)6(9-7)5-3-8-11-10-5/h3-4,6,9H,7H2,1-2H3,(H,8,10,11). The summed E-state index contributed by atoms with van der Waals surface area (Å²) in [4.78, 5) is 0. The largest absolute Gasteiger partial charge is 0.271 e. The van der Waals surface area contributed by atoms with Gasteiger partial charge in [0.2, 0.25) is 0 Å². The summed E-state index contributed by atoms with van der Waals surface area (Å²) in [7, 11) is 0. The molecule has 0 aromatic carbocycles. The normalized spacial score (nSPS) is 13.8. The van der Waals surface area contributed by atoms with E-state index in [1.807, 2.05) is 0 Å². The van der Waals surface area contributed by atoms with Crippen LogP contribution in [0.1, 0.15) is 25.6 Å². The highest BCUT2D eigenvalue weighted by molar-refractivity contribution is 4.99. The summed E-state index contributed by atoms with van der Waals surface area (Å²) in [6, 6.07) is 0.0775. The number of nitrogens with zero attached hydrogens (tertiary/aromatic N) is 2. The summed E-state index contributed by atoms with van der Waals surface area (Å²) in [5, 5.41) is 10.2. The van der Waals surface area contributed by atoms with Crippen molar-refractivity contribution in [1.29, 1.82) is 0 Å². The molecular weight excluding hydrogens is 142 g/mol. The molecule has 1 aromatic rings. The van der Waals surface area contributed by atoms with Crippen LogP contribution >= 0.6 is 0 Å². The van der Waals surface area contributed by atoms with Crippen LogP contribution in [0.3, 0.4) is 0 Å². The highest BCUT2D eigenvalue weighted by atomic mass is 15.3. The summed E-state index contributed by atoms with van der Waals surface area (Å²) in [6.07, 6.45) is 1.67. The minimum absolute atomic E-state index is 0.0775. The Morgan fingerprint density at radius 2 is 2.36 bits per heavy atom. The predicted octanol–water partition coefficient (Wildman–Crippen LogP) is -0.0349. The fourth-order valence-electron chi connectivity index (χ4n) is 0.980. The minimum atomic E-state index is 0.0775. The number of aromatic nitrogens is 3. The highest BCUT2D eigenvalue weighted by Crippen LogP contribution is 2.16. The lowest BCUT2D eigenvalue weighted by atomic mass is 10.0. The van der Waals surface area contributed by atoms with Crippen LogP contribution in [0, 0.1) is 5.92 Å². The molecule has 0 fully saturated rings. The second kappa shape index (κ2) is 3.45. The van der Waals surface area contributed by atoms with Crippen LogP contribution in [0.4, 0.5) is 0 Å². The second-order valence-electron chi connectivity index (χ2n) is 2.78. The van der Waals surface area contributed by atoms with Gasteiger partial charge in [0, 0.05) is 0 Å². The first-order valence-electron chi connectivity index (χ1n) is 3.57. The maximum atomic E-state index is 5.33. The zero-order chi connectivity index (χ0) is 8.27. The van der Waals surface area contributed by atoms with Gasteiger partial charge in [0.25, 0.3) is 0 Å². The van der Waals surface area contributed by atoms with E-state index in [0.29, 0.717) is 5.92 Å². The SMILES string of the molecule is CC(C)C(NN)c1cn[nH]n1. The quantitative estimate of drug-likeness (QED) is 0.423. The van der Waals surface area contributed by atoms with E-state index in [2.05, 4.69) is 34.7 Å². The molecule has 1 heterocycles. The van der Waals surface area contributed by atoms with E-state index in [9.17, 15) is 0 Å². The van der Waals surface area contributed by atoms with Crippen molar-refractivity contribution in [2.75, 3.05) is 0 Å². The van der Waals surface area contributed by atoms with Crippen molar-refractivity contribution in [3.05, 3.63) is 11.9 Å². The van der Waals surface area contributed by atoms with Crippen molar-refractivity contribution in [1.82, 2.24) is 20.8 Å². The van der Waals surface area contributed by atoms with Crippen molar-refractivity contribution in [2.45, 2.75) is 19.9 Å². The molecule has 0 saturated heterocycles. The Labute approximate surface area is 65.3 Å². The molecule has 1 atom stereocenters. The number of nitrogens with one attached hydrogen (secondary N) is 2. The highest BCUT2D eigenvalue weighted by Gasteiger charge is 2.15. The molecule has 11 heavy (non-hydrogen) atoms. The van der Waals surface area contributed by atoms with Gasteiger partial charge in [-0.05, 0) is 5.92 Å². The lowest BCUT2D eigenvalue weighted by Crippen LogP contribution is -2.31. The molecule has 0 aliphatic rings. The molecule has 0 amide bonds. The predicted molar refractivity (Wildman–Crippen MR) is 41.3 cm³/mol. The van der Waals surface area contributed by atoms with Crippen LogP contribution in [0.5, 0.6) is 0 Å². The lowest BCUT2D eigenvalue weighted by molar-refractivity contribution is 0.412. The first-order chi connectivity index (χ1) is 5.25. The van der Waals surface area contributed by atoms with Crippen LogP contribution < -0.4 is 11.3 Å². The van der Waals surface area contributed by atoms with Gasteiger partial charge < -0.3 is 0 Å². The third kappa shape index (κ3) is 1.75. The molecule has 1 aromatic heterocycles. The monoisotopic (exact) mass is 155 g/mol. The van der Waals surface area contributed by atoms with Crippen LogP contribution in [-0.2, 0) is 0 Å². The summed E-state index contributed by atoms with van der Waals surface area (Å²) < 4.78 is 0. The second-order valence-corrected chi connectivity index (χ2v) is 2.78. The first-order valence-corrected chi connectivity index (χ1v) is 3.57. The van der Waals surface area contributed by atoms with Crippen LogP contribution in [-0.4, -0.2) is 15.4 Å². The van der Waals surface area contributed by atoms with Crippen LogP contribution in [0.2, 0.25) is 0 Å². The Bertz CT molecular complexity index is 193. The molecule has 0 spiro atoms. The van der Waals surface area contributed by atoms with Crippen molar-refractivity contribution < 1.29 is 0 Å². The van der Waals surface area contributed by atoms with Gasteiger partial charge in [-0.25, -0.2) is 0 Å². The molecule has 0 radical (unpaired) electrons. The third-order valence-corrected chi connectivity index (χ3v) is 1.60. The number of hydrogen-bond donors (Lipinski definition) is 3. The van der Waals surface area contributed by atoms with E-state index >= 15 is 0 Å². The van der Waals surface area contributed by atoms with E-state index in [4.69, 9.17) is 5.84 Å². The van der Waals surface area contributed by atoms with E-state index in [-0.39, 0.29) is 6.04 Å². The maximum absolute atomic E-state index is 5.33. The fourth-order valence-corrected chi connectivity index (χ4v) is 0.980. The molecule has 0 aliphatic carbocycles. The van der Waals surface area contributed by atoms with E-state index in [1.165, 1.54) is 0 Å². The van der Waals surface area contributed by atoms with E-state index in [0.717, 1.165) is 5.69 Å². The van der Waals surface area contributed by atoms with Crippen LogP contribution in [0.25, 0.3) is 0 Å². The minimum Gasteiger partial charge on any atom is -0.271 e. The summed E-state index contributed by atoms with van der Waals surface area (Å²) in [6.45, 7) is 4.14. The number of aromatic amines is 1. The van der Waals surface area contributed by atoms with Crippen molar-refractivity contribution in [3.63, 3.8) is 0 Å². The molecule has 1 rings (SSSR count). The van der Waals surface area contributed by atoms with E-state index in [1.54, 1.807) is 6.20 Å². The smallest absolute Gasteiger partial charge is 0.101 e. The Morgan fingerprint density at radius 1 is 1.64 bits per heavy atom. The molecule has 5 heteroatoms. The topological polar surface area (TPSA) is 79.6 Å².